The molecule has 1 aromatic carbocycles. The van der Waals surface area contributed by atoms with Crippen LogP contribution in [0.25, 0.3) is 11.3 Å². The molecule has 0 radical (unpaired) electrons. The van der Waals surface area contributed by atoms with Gasteiger partial charge in [-0.2, -0.15) is 0 Å². The first kappa shape index (κ1) is 15.1. The molecule has 0 bridgehead atoms. The average molecular weight is 348 g/mol. The molecule has 2 heterocycles. The second kappa shape index (κ2) is 5.89. The van der Waals surface area contributed by atoms with Gasteiger partial charge in [0.2, 0.25) is 5.91 Å². The minimum atomic E-state index is 0.124. The standard InChI is InChI=1S/C17H18ClN3OS/c18-12-3-1-2-11(8-12)14-10-23-16(20-14)21-15(22)13-9-17(13)4-6-19-7-5-17/h1-3,8,10,13,19H,4-7,9H2,(H,20,21,22). The number of anilines is 1. The van der Waals surface area contributed by atoms with Gasteiger partial charge in [0.15, 0.2) is 5.13 Å². The fourth-order valence-electron chi connectivity index (χ4n) is 3.50. The van der Waals surface area contributed by atoms with Crippen molar-refractivity contribution in [3.05, 3.63) is 34.7 Å². The van der Waals surface area contributed by atoms with Gasteiger partial charge in [-0.3, -0.25) is 4.79 Å². The van der Waals surface area contributed by atoms with Gasteiger partial charge < -0.3 is 10.6 Å². The van der Waals surface area contributed by atoms with Crippen molar-refractivity contribution in [1.82, 2.24) is 10.3 Å². The lowest BCUT2D eigenvalue weighted by atomic mass is 9.92. The fraction of sp³-hybridized carbons (Fsp3) is 0.412. The lowest BCUT2D eigenvalue weighted by Gasteiger charge is -2.22. The topological polar surface area (TPSA) is 54.0 Å². The zero-order chi connectivity index (χ0) is 15.9. The molecule has 1 saturated heterocycles. The van der Waals surface area contributed by atoms with Crippen molar-refractivity contribution in [2.75, 3.05) is 18.4 Å². The second-order valence-corrected chi connectivity index (χ2v) is 7.70. The molecular formula is C17H18ClN3OS. The normalized spacial score (nSPS) is 22.0. The molecule has 1 aliphatic heterocycles. The minimum absolute atomic E-state index is 0.124. The van der Waals surface area contributed by atoms with Crippen LogP contribution < -0.4 is 10.6 Å². The largest absolute Gasteiger partial charge is 0.317 e. The first-order chi connectivity index (χ1) is 11.2. The van der Waals surface area contributed by atoms with E-state index in [0.717, 1.165) is 43.6 Å². The Morgan fingerprint density at radius 1 is 1.39 bits per heavy atom. The van der Waals surface area contributed by atoms with E-state index in [9.17, 15) is 4.79 Å². The number of carbonyl (C=O) groups is 1. The summed E-state index contributed by atoms with van der Waals surface area (Å²) in [5.74, 6) is 0.280. The molecule has 1 aliphatic carbocycles. The van der Waals surface area contributed by atoms with E-state index in [1.807, 2.05) is 29.6 Å². The van der Waals surface area contributed by atoms with Gasteiger partial charge in [0.25, 0.3) is 0 Å². The first-order valence-electron chi connectivity index (χ1n) is 7.89. The van der Waals surface area contributed by atoms with E-state index < -0.39 is 0 Å². The van der Waals surface area contributed by atoms with Gasteiger partial charge in [-0.05, 0) is 49.9 Å². The predicted octanol–water partition coefficient (Wildman–Crippen LogP) is 3.79. The van der Waals surface area contributed by atoms with E-state index in [2.05, 4.69) is 15.6 Å². The Labute approximate surface area is 144 Å². The third-order valence-corrected chi connectivity index (χ3v) is 5.95. The van der Waals surface area contributed by atoms with Crippen LogP contribution in [0.2, 0.25) is 5.02 Å². The van der Waals surface area contributed by atoms with Gasteiger partial charge in [-0.25, -0.2) is 4.98 Å². The molecule has 2 aromatic rings. The highest BCUT2D eigenvalue weighted by atomic mass is 35.5. The Hall–Kier alpha value is -1.43. The molecule has 1 atom stereocenters. The van der Waals surface area contributed by atoms with Crippen molar-refractivity contribution in [1.29, 1.82) is 0 Å². The summed E-state index contributed by atoms with van der Waals surface area (Å²) in [5.41, 5.74) is 2.07. The van der Waals surface area contributed by atoms with Gasteiger partial charge in [-0.1, -0.05) is 23.7 Å². The molecule has 1 spiro atoms. The Balaban J connectivity index is 1.43. The average Bonchev–Trinajstić information content (AvgIpc) is 3.04. The number of carbonyl (C=O) groups excluding carboxylic acids is 1. The molecular weight excluding hydrogens is 330 g/mol. The summed E-state index contributed by atoms with van der Waals surface area (Å²) in [6, 6.07) is 7.59. The fourth-order valence-corrected chi connectivity index (χ4v) is 4.41. The van der Waals surface area contributed by atoms with Gasteiger partial charge in [-0.15, -0.1) is 11.3 Å². The summed E-state index contributed by atoms with van der Waals surface area (Å²) in [4.78, 5) is 17.0. The van der Waals surface area contributed by atoms with Crippen molar-refractivity contribution < 1.29 is 4.79 Å². The summed E-state index contributed by atoms with van der Waals surface area (Å²) >= 11 is 7.48. The van der Waals surface area contributed by atoms with Crippen LogP contribution in [0.4, 0.5) is 5.13 Å². The number of benzene rings is 1. The highest BCUT2D eigenvalue weighted by Crippen LogP contribution is 2.58. The Kier molecular flexibility index (Phi) is 3.87. The van der Waals surface area contributed by atoms with Crippen molar-refractivity contribution in [2.24, 2.45) is 11.3 Å². The summed E-state index contributed by atoms with van der Waals surface area (Å²) in [6.07, 6.45) is 3.24. The maximum Gasteiger partial charge on any atom is 0.229 e. The molecule has 120 valence electrons. The zero-order valence-electron chi connectivity index (χ0n) is 12.6. The number of rotatable bonds is 3. The monoisotopic (exact) mass is 347 g/mol. The van der Waals surface area contributed by atoms with Crippen molar-refractivity contribution in [3.8, 4) is 11.3 Å². The summed E-state index contributed by atoms with van der Waals surface area (Å²) in [5, 5.41) is 9.67. The molecule has 1 saturated carbocycles. The number of hydrogen-bond acceptors (Lipinski definition) is 4. The van der Waals surface area contributed by atoms with Gasteiger partial charge in [0, 0.05) is 21.9 Å². The molecule has 1 aromatic heterocycles. The molecule has 2 aliphatic rings. The molecule has 23 heavy (non-hydrogen) atoms. The molecule has 2 N–H and O–H groups in total. The quantitative estimate of drug-likeness (QED) is 0.888. The molecule has 6 heteroatoms. The van der Waals surface area contributed by atoms with E-state index in [0.29, 0.717) is 10.2 Å². The van der Waals surface area contributed by atoms with Gasteiger partial charge in [0.05, 0.1) is 5.69 Å². The zero-order valence-corrected chi connectivity index (χ0v) is 14.2. The first-order valence-corrected chi connectivity index (χ1v) is 9.15. The minimum Gasteiger partial charge on any atom is -0.317 e. The van der Waals surface area contributed by atoms with Crippen molar-refractivity contribution in [3.63, 3.8) is 0 Å². The third kappa shape index (κ3) is 3.01. The number of aromatic nitrogens is 1. The number of nitrogens with one attached hydrogen (secondary N) is 2. The van der Waals surface area contributed by atoms with Gasteiger partial charge in [0.1, 0.15) is 0 Å². The molecule has 4 rings (SSSR count). The van der Waals surface area contributed by atoms with E-state index in [-0.39, 0.29) is 17.2 Å². The summed E-state index contributed by atoms with van der Waals surface area (Å²) < 4.78 is 0. The lowest BCUT2D eigenvalue weighted by molar-refractivity contribution is -0.118. The smallest absolute Gasteiger partial charge is 0.229 e. The highest BCUT2D eigenvalue weighted by molar-refractivity contribution is 7.14. The maximum atomic E-state index is 12.5. The van der Waals surface area contributed by atoms with Crippen LogP contribution in [-0.2, 0) is 4.79 Å². The summed E-state index contributed by atoms with van der Waals surface area (Å²) in [6.45, 7) is 2.06. The molecule has 4 nitrogen and oxygen atoms in total. The van der Waals surface area contributed by atoms with Crippen LogP contribution in [0, 0.1) is 11.3 Å². The number of nitrogens with zero attached hydrogens (tertiary/aromatic N) is 1. The van der Waals surface area contributed by atoms with Crippen LogP contribution in [0.3, 0.4) is 0 Å². The Morgan fingerprint density at radius 2 is 2.22 bits per heavy atom. The lowest BCUT2D eigenvalue weighted by Crippen LogP contribution is -2.31. The van der Waals surface area contributed by atoms with Crippen LogP contribution in [0.5, 0.6) is 0 Å². The molecule has 2 fully saturated rings. The van der Waals surface area contributed by atoms with E-state index in [1.54, 1.807) is 0 Å². The molecule has 1 unspecified atom stereocenters. The number of piperidine rings is 1. The van der Waals surface area contributed by atoms with Crippen LogP contribution in [-0.4, -0.2) is 24.0 Å². The highest BCUT2D eigenvalue weighted by Gasteiger charge is 2.57. The van der Waals surface area contributed by atoms with Crippen LogP contribution >= 0.6 is 22.9 Å². The Bertz CT molecular complexity index is 739. The van der Waals surface area contributed by atoms with Crippen molar-refractivity contribution in [2.45, 2.75) is 19.3 Å². The Morgan fingerprint density at radius 3 is 3.00 bits per heavy atom. The van der Waals surface area contributed by atoms with Crippen LogP contribution in [0.1, 0.15) is 19.3 Å². The maximum absolute atomic E-state index is 12.5. The van der Waals surface area contributed by atoms with Crippen LogP contribution in [0.15, 0.2) is 29.6 Å². The number of amides is 1. The number of halogens is 1. The predicted molar refractivity (Wildman–Crippen MR) is 93.8 cm³/mol. The number of thiazole rings is 1. The van der Waals surface area contributed by atoms with E-state index in [4.69, 9.17) is 11.6 Å². The van der Waals surface area contributed by atoms with E-state index in [1.165, 1.54) is 11.3 Å². The number of hydrogen-bond donors (Lipinski definition) is 2. The third-order valence-electron chi connectivity index (χ3n) is 4.96. The van der Waals surface area contributed by atoms with Gasteiger partial charge >= 0.3 is 0 Å². The molecule has 1 amide bonds. The van der Waals surface area contributed by atoms with Crippen molar-refractivity contribution >= 4 is 34.0 Å². The SMILES string of the molecule is O=C(Nc1nc(-c2cccc(Cl)c2)cs1)C1CC12CCNCC2. The second-order valence-electron chi connectivity index (χ2n) is 6.41. The summed E-state index contributed by atoms with van der Waals surface area (Å²) in [7, 11) is 0. The van der Waals surface area contributed by atoms with E-state index >= 15 is 0 Å².